The Balaban J connectivity index is 1.39. The quantitative estimate of drug-likeness (QED) is 0.0265. The Labute approximate surface area is 489 Å². The van der Waals surface area contributed by atoms with Crippen LogP contribution in [0.5, 0.6) is 0 Å². The van der Waals surface area contributed by atoms with E-state index in [-0.39, 0.29) is 92.3 Å². The molecule has 0 radical (unpaired) electrons. The van der Waals surface area contributed by atoms with Crippen LogP contribution in [0.15, 0.2) is 116 Å². The minimum atomic E-state index is -5.36. The maximum Gasteiger partial charge on any atom is 0.303 e. The molecule has 0 amide bonds. The number of carbonyl (C=O) groups is 1. The van der Waals surface area contributed by atoms with Gasteiger partial charge in [0.1, 0.15) is 47.0 Å². The fourth-order valence-corrected chi connectivity index (χ4v) is 13.9. The predicted octanol–water partition coefficient (Wildman–Crippen LogP) is 5.39. The minimum absolute atomic E-state index is 0.0103. The summed E-state index contributed by atoms with van der Waals surface area (Å²) < 4.78 is 216. The zero-order valence-corrected chi connectivity index (χ0v) is 50.6. The van der Waals surface area contributed by atoms with E-state index in [1.807, 2.05) is 11.5 Å². The van der Waals surface area contributed by atoms with Gasteiger partial charge in [-0.25, -0.2) is 42.1 Å². The normalized spacial score (nSPS) is 18.5. The largest absolute Gasteiger partial charge is 0.748 e. The van der Waals surface area contributed by atoms with Crippen molar-refractivity contribution in [2.45, 2.75) is 96.1 Å². The van der Waals surface area contributed by atoms with Gasteiger partial charge in [-0.05, 0) is 117 Å². The van der Waals surface area contributed by atoms with Crippen molar-refractivity contribution in [1.82, 2.24) is 0 Å². The number of aliphatic carboxylic acids is 1. The lowest BCUT2D eigenvalue weighted by Crippen LogP contribution is -2.33. The van der Waals surface area contributed by atoms with Crippen LogP contribution in [-0.2, 0) is 89.9 Å². The molecule has 2 heterocycles. The molecule has 2 unspecified atom stereocenters. The summed E-state index contributed by atoms with van der Waals surface area (Å²) in [5.41, 5.74) is 0.208. The summed E-state index contributed by atoms with van der Waals surface area (Å²) in [5.74, 6) is -1.76. The summed E-state index contributed by atoms with van der Waals surface area (Å²) in [5, 5.41) is 8.97. The molecule has 2 aliphatic rings. The molecule has 29 heteroatoms. The van der Waals surface area contributed by atoms with Gasteiger partial charge in [-0.3, -0.25) is 4.79 Å². The smallest absolute Gasteiger partial charge is 0.303 e. The van der Waals surface area contributed by atoms with Crippen LogP contribution in [-0.4, -0.2) is 172 Å². The molecule has 462 valence electrons. The molecule has 2 atom stereocenters. The van der Waals surface area contributed by atoms with Crippen molar-refractivity contribution in [3.05, 3.63) is 108 Å². The van der Waals surface area contributed by atoms with Gasteiger partial charge >= 0.3 is 5.97 Å². The molecule has 0 saturated carbocycles. The van der Waals surface area contributed by atoms with Gasteiger partial charge in [-0.15, -0.1) is 0 Å². The number of rotatable bonds is 34. The number of unbranched alkanes of at least 4 members (excludes halogenated alkanes) is 2. The first-order valence-electron chi connectivity index (χ1n) is 26.5. The minimum Gasteiger partial charge on any atom is -0.748 e. The Kier molecular flexibility index (Phi) is 22.9. The SMILES string of the molecule is CCN1/C(=C/C=C/C=C/C=C/C2=[N+](CCCCCC(=O)O)c3ccc4c(S(=O)(=O)[O-])cc(S(=O)(=O)[O-])cc4c3C2(C)CCOCCOCCOCCOCCOC)C(C)(CCCS(=O)(=O)[O-])c2c1ccc1c(S(=O)(=O)[O-])cc(S(=O)(=O)[O-])cc21. The van der Waals surface area contributed by atoms with E-state index in [4.69, 9.17) is 23.7 Å². The van der Waals surface area contributed by atoms with Crippen LogP contribution in [0.4, 0.5) is 11.4 Å². The van der Waals surface area contributed by atoms with Gasteiger partial charge in [0.15, 0.2) is 5.71 Å². The Bertz CT molecular complexity index is 3840. The van der Waals surface area contributed by atoms with E-state index in [1.54, 1.807) is 74.5 Å². The van der Waals surface area contributed by atoms with Crippen molar-refractivity contribution in [3.8, 4) is 0 Å². The fraction of sp³-hybridized carbons (Fsp3) is 0.455. The Morgan fingerprint density at radius 1 is 0.583 bits per heavy atom. The van der Waals surface area contributed by atoms with Gasteiger partial charge in [0.25, 0.3) is 0 Å². The molecule has 84 heavy (non-hydrogen) atoms. The van der Waals surface area contributed by atoms with Gasteiger partial charge in [-0.1, -0.05) is 36.4 Å². The van der Waals surface area contributed by atoms with Crippen LogP contribution in [0.2, 0.25) is 0 Å². The number of carboxylic acid groups (broad SMARTS) is 1. The molecule has 4 aromatic carbocycles. The second-order valence-electron chi connectivity index (χ2n) is 20.2. The van der Waals surface area contributed by atoms with Crippen LogP contribution in [0.3, 0.4) is 0 Å². The van der Waals surface area contributed by atoms with Crippen LogP contribution in [0.25, 0.3) is 21.5 Å². The molecule has 0 spiro atoms. The Morgan fingerprint density at radius 2 is 1.10 bits per heavy atom. The number of allylic oxidation sites excluding steroid dienone is 8. The number of carboxylic acids is 1. The van der Waals surface area contributed by atoms with Crippen LogP contribution in [0, 0.1) is 0 Å². The third-order valence-corrected chi connectivity index (χ3v) is 18.7. The number of hydrogen-bond acceptors (Lipinski definition) is 22. The van der Waals surface area contributed by atoms with Gasteiger partial charge in [-0.2, -0.15) is 4.58 Å². The van der Waals surface area contributed by atoms with E-state index in [0.717, 1.165) is 12.1 Å². The number of nitrogens with zero attached hydrogens (tertiary/aromatic N) is 2. The van der Waals surface area contributed by atoms with Crippen molar-refractivity contribution in [3.63, 3.8) is 0 Å². The monoisotopic (exact) mass is 1270 g/mol. The van der Waals surface area contributed by atoms with E-state index < -0.39 is 92.7 Å². The highest BCUT2D eigenvalue weighted by atomic mass is 32.2. The third-order valence-electron chi connectivity index (χ3n) is 14.5. The number of ether oxygens (including phenoxy) is 5. The van der Waals surface area contributed by atoms with Crippen LogP contribution in [0.1, 0.15) is 76.8 Å². The molecule has 1 N–H and O–H groups in total. The maximum absolute atomic E-state index is 12.8. The second kappa shape index (κ2) is 28.4. The van der Waals surface area contributed by atoms with E-state index >= 15 is 0 Å². The summed E-state index contributed by atoms with van der Waals surface area (Å²) in [6, 6.07) is 8.85. The topological polar surface area (TPSA) is 376 Å². The molecular weight excluding hydrogens is 1200 g/mol. The Morgan fingerprint density at radius 3 is 1.61 bits per heavy atom. The summed E-state index contributed by atoms with van der Waals surface area (Å²) in [6.07, 6.45) is 12.8. The van der Waals surface area contributed by atoms with Crippen molar-refractivity contribution in [2.24, 2.45) is 0 Å². The summed E-state index contributed by atoms with van der Waals surface area (Å²) in [6.45, 7) is 8.39. The van der Waals surface area contributed by atoms with E-state index in [1.165, 1.54) is 18.2 Å². The number of likely N-dealkylation sites (N-methyl/N-ethyl adjacent to an activating group) is 1. The van der Waals surface area contributed by atoms with Crippen molar-refractivity contribution >= 4 is 95.2 Å². The number of fused-ring (bicyclic) bond motifs is 6. The highest BCUT2D eigenvalue weighted by Gasteiger charge is 2.49. The predicted molar refractivity (Wildman–Crippen MR) is 302 cm³/mol. The van der Waals surface area contributed by atoms with Crippen LogP contribution >= 0.6 is 0 Å². The molecule has 0 aliphatic carbocycles. The zero-order chi connectivity index (χ0) is 61.9. The number of benzene rings is 4. The molecule has 0 fully saturated rings. The third kappa shape index (κ3) is 16.8. The summed E-state index contributed by atoms with van der Waals surface area (Å²) >= 11 is 0. The molecule has 0 saturated heterocycles. The highest BCUT2D eigenvalue weighted by Crippen LogP contribution is 2.54. The van der Waals surface area contributed by atoms with Crippen molar-refractivity contribution in [1.29, 1.82) is 0 Å². The summed E-state index contributed by atoms with van der Waals surface area (Å²) in [4.78, 5) is 9.41. The highest BCUT2D eigenvalue weighted by molar-refractivity contribution is 7.87. The van der Waals surface area contributed by atoms with Gasteiger partial charge in [0, 0.05) is 78.7 Å². The fourth-order valence-electron chi connectivity index (χ4n) is 10.8. The van der Waals surface area contributed by atoms with Crippen molar-refractivity contribution in [2.75, 3.05) is 90.3 Å². The number of hydrogen-bond donors (Lipinski definition) is 1. The first kappa shape index (κ1) is 67.8. The molecule has 2 aliphatic heterocycles. The lowest BCUT2D eigenvalue weighted by Gasteiger charge is -2.30. The van der Waals surface area contributed by atoms with Gasteiger partial charge < -0.3 is 56.5 Å². The average molecular weight is 1270 g/mol. The maximum atomic E-state index is 12.8. The summed E-state index contributed by atoms with van der Waals surface area (Å²) in [7, 11) is -24.5. The zero-order valence-electron chi connectivity index (χ0n) is 46.6. The first-order valence-corrected chi connectivity index (χ1v) is 33.8. The lowest BCUT2D eigenvalue weighted by molar-refractivity contribution is -0.438. The standard InChI is InChI=1S/C55H70N2O22S5/c1-5-56-45-20-18-41-43(35-39(81(63,64)65)37-47(41)83(69,70)71)52(45)54(2,22-14-34-80(60,61)62)49(56)15-10-7-6-8-11-16-50-55(3,23-25-76-28-29-78-32-33-79-31-30-77-27-26-75-4)53-44-36-40(82(66,67)68)38-48(84(72,73)74)42(44)19-21-46(53)57(50)24-13-9-12-17-51(58)59/h6-8,10-11,15-16,18-21,35-38H,5,9,12-14,17,22-34H2,1-4H3,(H5-,58,59,60,61,62,63,64,65,66,67,68,69,70,71,72,73,74)/p-4. The lowest BCUT2D eigenvalue weighted by atomic mass is 9.75. The van der Waals surface area contributed by atoms with Gasteiger partial charge in [0.05, 0.1) is 88.0 Å². The van der Waals surface area contributed by atoms with Crippen LogP contribution < -0.4 is 4.90 Å². The van der Waals surface area contributed by atoms with E-state index in [9.17, 15) is 74.8 Å². The second-order valence-corrected chi connectivity index (χ2v) is 27.1. The molecule has 24 nitrogen and oxygen atoms in total. The molecule has 6 rings (SSSR count). The number of anilines is 1. The average Bonchev–Trinajstić information content (AvgIpc) is 1.59. The Hall–Kier alpha value is -5.35. The molecule has 4 aromatic rings. The molecule has 0 bridgehead atoms. The molecular formula is C55H66N2O22S5-4. The van der Waals surface area contributed by atoms with E-state index in [0.29, 0.717) is 92.8 Å². The first-order chi connectivity index (χ1) is 39.4. The van der Waals surface area contributed by atoms with Gasteiger partial charge in [0.2, 0.25) is 5.69 Å². The molecule has 0 aromatic heterocycles. The number of methoxy groups -OCH3 is 1. The van der Waals surface area contributed by atoms with E-state index in [2.05, 4.69) is 0 Å². The van der Waals surface area contributed by atoms with Crippen molar-refractivity contribution < 1.29 is 103 Å².